The summed E-state index contributed by atoms with van der Waals surface area (Å²) >= 11 is -5.92. The largest absolute Gasteiger partial charge is 0.398 e. The molecule has 11 N–H and O–H groups in total. The number of aromatic nitrogens is 6. The van der Waals surface area contributed by atoms with Gasteiger partial charge in [0.25, 0.3) is 40.1 Å². The van der Waals surface area contributed by atoms with Crippen LogP contribution in [-0.4, -0.2) is 68.3 Å². The Bertz CT molecular complexity index is 5820. The van der Waals surface area contributed by atoms with Crippen LogP contribution < -0.4 is 50.9 Å². The molecule has 0 spiro atoms. The Morgan fingerprint density at radius 1 is 0.246 bits per heavy atom. The minimum Gasteiger partial charge on any atom is -0.398 e. The van der Waals surface area contributed by atoms with E-state index in [1.165, 1.54) is 96.1 Å². The Morgan fingerprint density at radius 3 is 0.608 bits per heavy atom. The number of rotatable bonds is 11. The number of benzene rings is 9. The zero-order valence-corrected chi connectivity index (χ0v) is 88.7. The van der Waals surface area contributed by atoms with Crippen molar-refractivity contribution in [3.8, 4) is 11.5 Å². The minimum atomic E-state index is -2.04. The molecule has 2 aromatic heterocycles. The number of nitrogen functional groups attached to an aromatic ring is 3. The summed E-state index contributed by atoms with van der Waals surface area (Å²) in [7, 11) is 1.25. The molecule has 0 aliphatic rings. The van der Waals surface area contributed by atoms with E-state index in [9.17, 15) is 36.6 Å². The van der Waals surface area contributed by atoms with E-state index >= 15 is 0 Å². The van der Waals surface area contributed by atoms with Gasteiger partial charge in [-0.1, -0.05) is 24.3 Å². The van der Waals surface area contributed by atoms with Crippen molar-refractivity contribution in [2.24, 2.45) is 0 Å². The number of anilines is 3. The maximum atomic E-state index is 12.8. The molecule has 3 atom stereocenters. The van der Waals surface area contributed by atoms with Crippen molar-refractivity contribution >= 4 is 90.4 Å². The zero-order chi connectivity index (χ0) is 100. The van der Waals surface area contributed by atoms with Gasteiger partial charge in [-0.2, -0.15) is 8.42 Å². The van der Waals surface area contributed by atoms with Gasteiger partial charge in [-0.3, -0.25) is 28.2 Å². The first-order valence-corrected chi connectivity index (χ1v) is 46.8. The van der Waals surface area contributed by atoms with Gasteiger partial charge in [-0.25, -0.2) is 28.6 Å². The number of hydrogen-bond acceptors (Lipinski definition) is 18. The number of nitrogens with two attached hydrogens (primary N) is 3. The van der Waals surface area contributed by atoms with E-state index in [4.69, 9.17) is 25.6 Å². The fraction of sp³-hybridized carbons (Fsp3) is 0.433. The van der Waals surface area contributed by atoms with Gasteiger partial charge in [0.1, 0.15) is 22.5 Å². The lowest BCUT2D eigenvalue weighted by Gasteiger charge is -2.19. The predicted octanol–water partition coefficient (Wildman–Crippen LogP) is 21.5. The third-order valence-corrected chi connectivity index (χ3v) is 30.9. The number of aromatic amines is 2. The number of carbonyl (C=O) groups excluding carboxylic acids is 3. The summed E-state index contributed by atoms with van der Waals surface area (Å²) in [6.45, 7) is 89.3. The molecule has 9 aromatic carbocycles. The molecule has 23 nitrogen and oxygen atoms in total. The van der Waals surface area contributed by atoms with Gasteiger partial charge in [0.15, 0.2) is 0 Å². The van der Waals surface area contributed by atoms with Gasteiger partial charge in [0.05, 0.1) is 34.6 Å². The van der Waals surface area contributed by atoms with E-state index in [-0.39, 0.29) is 11.1 Å². The Morgan fingerprint density at radius 2 is 0.408 bits per heavy atom. The second-order valence-corrected chi connectivity index (χ2v) is 37.0. The Labute approximate surface area is 781 Å². The van der Waals surface area contributed by atoms with Gasteiger partial charge in [-0.15, -0.1) is 10.2 Å². The van der Waals surface area contributed by atoms with Crippen LogP contribution in [0.5, 0.6) is 11.5 Å². The van der Waals surface area contributed by atoms with Crippen LogP contribution in [0, 0.1) is 291 Å². The van der Waals surface area contributed by atoms with E-state index in [2.05, 4.69) is 146 Å². The molecule has 706 valence electrons. The van der Waals surface area contributed by atoms with Gasteiger partial charge in [0.2, 0.25) is 0 Å². The number of carbonyl (C=O) groups is 3. The summed E-state index contributed by atoms with van der Waals surface area (Å²) in [5, 5.41) is 21.3. The molecule has 0 fully saturated rings. The van der Waals surface area contributed by atoms with E-state index in [0.29, 0.717) is 67.1 Å². The summed E-state index contributed by atoms with van der Waals surface area (Å²) < 4.78 is 59.3. The van der Waals surface area contributed by atoms with Gasteiger partial charge < -0.3 is 25.6 Å². The highest BCUT2D eigenvalue weighted by atomic mass is 32.2. The minimum absolute atomic E-state index is 0.163. The molecule has 0 saturated heterocycles. The highest BCUT2D eigenvalue weighted by Crippen LogP contribution is 2.38. The molecule has 11 rings (SSSR count). The van der Waals surface area contributed by atoms with Crippen molar-refractivity contribution in [2.75, 3.05) is 24.3 Å². The molecule has 11 aromatic rings. The first kappa shape index (κ1) is 111. The fourth-order valence-electron chi connectivity index (χ4n) is 15.8. The van der Waals surface area contributed by atoms with Crippen LogP contribution in [0.3, 0.4) is 0 Å². The number of nitrogens with zero attached hydrogens (tertiary/aromatic N) is 4. The smallest absolute Gasteiger partial charge is 0.318 e. The molecule has 0 saturated carbocycles. The molecule has 0 aliphatic carbocycles. The van der Waals surface area contributed by atoms with Crippen molar-refractivity contribution in [1.82, 2.24) is 45.0 Å². The van der Waals surface area contributed by atoms with Crippen LogP contribution in [0.25, 0.3) is 21.8 Å². The Balaban J connectivity index is 0.000000324. The quantitative estimate of drug-likeness (QED) is 0.0558. The average molecular weight is 1840 g/mol. The van der Waals surface area contributed by atoms with Crippen molar-refractivity contribution in [3.05, 3.63) is 271 Å². The number of hydrogen-bond donors (Lipinski definition) is 8. The van der Waals surface area contributed by atoms with Gasteiger partial charge in [-0.05, 0) is 524 Å². The molecule has 130 heavy (non-hydrogen) atoms. The monoisotopic (exact) mass is 1840 g/mol. The van der Waals surface area contributed by atoms with Crippen molar-refractivity contribution in [1.29, 1.82) is 0 Å². The average Bonchev–Trinajstić information content (AvgIpc) is 0.756. The number of nitrogens with one attached hydrogen (secondary N) is 5. The lowest BCUT2D eigenvalue weighted by molar-refractivity contribution is 0.0971. The molecule has 0 bridgehead atoms. The molecular formula is C104H146N12O11S3. The van der Waals surface area contributed by atoms with Gasteiger partial charge >= 0.3 is 22.5 Å². The summed E-state index contributed by atoms with van der Waals surface area (Å²) in [6.07, 6.45) is 0. The van der Waals surface area contributed by atoms with E-state index in [1.807, 2.05) is 208 Å². The highest BCUT2D eigenvalue weighted by molar-refractivity contribution is 7.79. The standard InChI is InChI=1S/2C22H30N2O3S.C12H18N2O3S.2C12H18.2C11H13N3O.C2H6/c2*1-10-13(4)17(8)21(18(9)14(10)5)27-28(26)24-22(25)19-15(6)11(2)12(3)16(7)20(19)23;1-6-7(2)9(4)11(13)10(8(6)3)12(15)14-18(16)17-5;2*1-7-8(2)10(4)12(6)11(5)9(7)3;2*1-5-6(2)8(4)10-9(7(5)3)11(15)13-14-12-10;1-2/h2*23H2,1-9H3,(H,24,25);13H2,1-5H3,(H,14,15);2*1-6H3;2*1-4H3,(H,12,13,15);1-2H3. The van der Waals surface area contributed by atoms with Crippen LogP contribution >= 0.6 is 0 Å². The summed E-state index contributed by atoms with van der Waals surface area (Å²) in [5.74, 6) is -0.414. The van der Waals surface area contributed by atoms with Crippen LogP contribution in [0.2, 0.25) is 0 Å². The first-order valence-electron chi connectivity index (χ1n) is 43.6. The second-order valence-electron chi connectivity index (χ2n) is 34.3. The lowest BCUT2D eigenvalue weighted by atomic mass is 9.90. The summed E-state index contributed by atoms with van der Waals surface area (Å²) in [5.41, 5.74) is 69.4. The topological polar surface area (TPSA) is 362 Å². The molecule has 3 unspecified atom stereocenters. The van der Waals surface area contributed by atoms with Gasteiger partial charge in [0, 0.05) is 17.1 Å². The molecule has 0 aliphatic heterocycles. The maximum Gasteiger partial charge on any atom is 0.318 e. The summed E-state index contributed by atoms with van der Waals surface area (Å²) in [4.78, 5) is 60.9. The van der Waals surface area contributed by atoms with Crippen molar-refractivity contribution < 1.29 is 39.6 Å². The highest BCUT2D eigenvalue weighted by Gasteiger charge is 2.27. The molecule has 3 amide bonds. The number of fused-ring (bicyclic) bond motifs is 2. The van der Waals surface area contributed by atoms with Crippen molar-refractivity contribution in [2.45, 2.75) is 305 Å². The number of aryl methyl sites for hydroxylation is 4. The Kier molecular flexibility index (Phi) is 39.5. The van der Waals surface area contributed by atoms with Crippen LogP contribution in [0.15, 0.2) is 9.59 Å². The SMILES string of the molecule is CC.COS(=O)NC(=O)c1c(C)c(C)c(C)c(C)c1N.Cc1c(C)c(C)c(C)c(C)c1C.Cc1c(C)c(C)c(C)c(C)c1C.Cc1c(C)c(C)c(OS(=O)NC(=O)c2c(C)c(C)c(C)c(C)c2N)c(C)c1C.Cc1c(C)c(C)c(OS(=O)NC(=O)c2c(C)c(C)c(C)c(C)c2N)c(C)c1C.Cc1c(C)c(C)c2c(=O)[nH]nnc2c1C.Cc1c(C)c(C)c2c(=O)[nH]nnc2c1C. The molecular weight excluding hydrogens is 1690 g/mol. The summed E-state index contributed by atoms with van der Waals surface area (Å²) in [6, 6.07) is 0. The normalized spacial score (nSPS) is 11.4. The first-order chi connectivity index (χ1) is 60.1. The zero-order valence-electron chi connectivity index (χ0n) is 86.2. The van der Waals surface area contributed by atoms with E-state index in [0.717, 1.165) is 145 Å². The fourth-order valence-corrected chi connectivity index (χ4v) is 17.5. The molecule has 2 heterocycles. The van der Waals surface area contributed by atoms with E-state index < -0.39 is 51.5 Å². The third-order valence-electron chi connectivity index (χ3n) is 28.9. The third kappa shape index (κ3) is 23.4. The van der Waals surface area contributed by atoms with Crippen LogP contribution in [-0.2, 0) is 38.0 Å². The molecule has 0 radical (unpaired) electrons. The predicted molar refractivity (Wildman–Crippen MR) is 544 cm³/mol. The van der Waals surface area contributed by atoms with E-state index in [1.54, 1.807) is 0 Å². The Hall–Kier alpha value is -11.1. The molecule has 26 heteroatoms. The van der Waals surface area contributed by atoms with Crippen LogP contribution in [0.4, 0.5) is 17.1 Å². The number of amides is 3. The maximum absolute atomic E-state index is 12.8. The van der Waals surface area contributed by atoms with Crippen LogP contribution in [0.1, 0.15) is 279 Å². The number of H-pyrrole nitrogens is 2. The lowest BCUT2D eigenvalue weighted by Crippen LogP contribution is -2.31. The van der Waals surface area contributed by atoms with Crippen molar-refractivity contribution in [3.63, 3.8) is 0 Å². The second kappa shape index (κ2) is 46.2.